The van der Waals surface area contributed by atoms with Gasteiger partial charge < -0.3 is 10.0 Å². The molecule has 18 heavy (non-hydrogen) atoms. The van der Waals surface area contributed by atoms with Crippen LogP contribution in [0.25, 0.3) is 0 Å². The first kappa shape index (κ1) is 14.6. The fourth-order valence-electron chi connectivity index (χ4n) is 2.00. The monoisotopic (exact) mass is 249 g/mol. The number of nitrogens with zero attached hydrogens (tertiary/aromatic N) is 1. The minimum absolute atomic E-state index is 0.556. The molecule has 0 saturated carbocycles. The molecule has 3 heteroatoms. The predicted octanol–water partition coefficient (Wildman–Crippen LogP) is 3.19. The van der Waals surface area contributed by atoms with E-state index >= 15 is 0 Å². The van der Waals surface area contributed by atoms with Crippen molar-refractivity contribution in [2.24, 2.45) is 5.41 Å². The molecule has 1 aromatic rings. The van der Waals surface area contributed by atoms with Gasteiger partial charge in [0, 0.05) is 18.8 Å². The van der Waals surface area contributed by atoms with Crippen LogP contribution in [0, 0.1) is 5.41 Å². The summed E-state index contributed by atoms with van der Waals surface area (Å²) in [4.78, 5) is 13.4. The van der Waals surface area contributed by atoms with E-state index in [1.165, 1.54) is 5.69 Å². The van der Waals surface area contributed by atoms with Gasteiger partial charge in [0.25, 0.3) is 0 Å². The summed E-state index contributed by atoms with van der Waals surface area (Å²) in [5.74, 6) is -0.754. The predicted molar refractivity (Wildman–Crippen MR) is 75.1 cm³/mol. The number of anilines is 1. The zero-order valence-corrected chi connectivity index (χ0v) is 11.7. The number of carboxylic acid groups (broad SMARTS) is 1. The van der Waals surface area contributed by atoms with Gasteiger partial charge in [-0.2, -0.15) is 0 Å². The summed E-state index contributed by atoms with van der Waals surface area (Å²) in [6.07, 6.45) is 0.556. The zero-order chi connectivity index (χ0) is 13.8. The first-order valence-electron chi connectivity index (χ1n) is 6.48. The van der Waals surface area contributed by atoms with Crippen LogP contribution in [-0.2, 0) is 11.2 Å². The average molecular weight is 249 g/mol. The number of hydrogen-bond acceptors (Lipinski definition) is 2. The number of benzene rings is 1. The van der Waals surface area contributed by atoms with Crippen molar-refractivity contribution in [3.05, 3.63) is 29.8 Å². The van der Waals surface area contributed by atoms with Crippen LogP contribution in [0.3, 0.4) is 0 Å². The smallest absolute Gasteiger partial charge is 0.309 e. The number of aliphatic carboxylic acids is 1. The van der Waals surface area contributed by atoms with Crippen molar-refractivity contribution >= 4 is 11.7 Å². The molecule has 100 valence electrons. The van der Waals surface area contributed by atoms with E-state index in [9.17, 15) is 4.79 Å². The first-order valence-corrected chi connectivity index (χ1v) is 6.48. The van der Waals surface area contributed by atoms with Crippen LogP contribution in [0.5, 0.6) is 0 Å². The highest BCUT2D eigenvalue weighted by Gasteiger charge is 2.27. The highest BCUT2D eigenvalue weighted by Crippen LogP contribution is 2.23. The molecular formula is C15H23NO2. The van der Waals surface area contributed by atoms with Crippen LogP contribution in [0.4, 0.5) is 5.69 Å². The van der Waals surface area contributed by atoms with Crippen molar-refractivity contribution in [1.82, 2.24) is 0 Å². The van der Waals surface area contributed by atoms with Crippen molar-refractivity contribution in [3.63, 3.8) is 0 Å². The van der Waals surface area contributed by atoms with Gasteiger partial charge in [-0.15, -0.1) is 0 Å². The van der Waals surface area contributed by atoms with Gasteiger partial charge in [-0.05, 0) is 51.8 Å². The minimum atomic E-state index is -0.754. The van der Waals surface area contributed by atoms with E-state index in [2.05, 4.69) is 30.9 Å². The molecule has 0 atom stereocenters. The van der Waals surface area contributed by atoms with Crippen LogP contribution in [0.2, 0.25) is 0 Å². The third-order valence-corrected chi connectivity index (χ3v) is 3.29. The normalized spacial score (nSPS) is 11.3. The topological polar surface area (TPSA) is 40.5 Å². The molecule has 0 aliphatic carbocycles. The minimum Gasteiger partial charge on any atom is -0.481 e. The SMILES string of the molecule is CCN(CC)c1ccc(CC(C)(C)C(=O)O)cc1. The highest BCUT2D eigenvalue weighted by atomic mass is 16.4. The Labute approximate surface area is 109 Å². The van der Waals surface area contributed by atoms with E-state index in [4.69, 9.17) is 5.11 Å². The molecular weight excluding hydrogens is 226 g/mol. The van der Waals surface area contributed by atoms with Gasteiger partial charge in [-0.1, -0.05) is 12.1 Å². The lowest BCUT2D eigenvalue weighted by atomic mass is 9.86. The second kappa shape index (κ2) is 5.89. The van der Waals surface area contributed by atoms with Crippen LogP contribution in [0.15, 0.2) is 24.3 Å². The second-order valence-corrected chi connectivity index (χ2v) is 5.20. The zero-order valence-electron chi connectivity index (χ0n) is 11.7. The van der Waals surface area contributed by atoms with Crippen molar-refractivity contribution in [1.29, 1.82) is 0 Å². The average Bonchev–Trinajstić information content (AvgIpc) is 2.32. The molecule has 0 bridgehead atoms. The Balaban J connectivity index is 2.80. The van der Waals surface area contributed by atoms with Crippen LogP contribution < -0.4 is 4.90 Å². The summed E-state index contributed by atoms with van der Waals surface area (Å²) in [6.45, 7) is 9.74. The first-order chi connectivity index (χ1) is 8.40. The van der Waals surface area contributed by atoms with Crippen molar-refractivity contribution in [2.45, 2.75) is 34.1 Å². The second-order valence-electron chi connectivity index (χ2n) is 5.20. The summed E-state index contributed by atoms with van der Waals surface area (Å²) in [5, 5.41) is 9.11. The molecule has 0 amide bonds. The lowest BCUT2D eigenvalue weighted by Crippen LogP contribution is -2.26. The summed E-state index contributed by atoms with van der Waals surface area (Å²) in [6, 6.07) is 8.19. The van der Waals surface area contributed by atoms with Gasteiger partial charge >= 0.3 is 5.97 Å². The number of hydrogen-bond donors (Lipinski definition) is 1. The van der Waals surface area contributed by atoms with Crippen LogP contribution in [-0.4, -0.2) is 24.2 Å². The van der Waals surface area contributed by atoms with Crippen molar-refractivity contribution < 1.29 is 9.90 Å². The standard InChI is InChI=1S/C15H23NO2/c1-5-16(6-2)13-9-7-12(8-10-13)11-15(3,4)14(17)18/h7-10H,5-6,11H2,1-4H3,(H,17,18). The Morgan fingerprint density at radius 1 is 1.17 bits per heavy atom. The number of carbonyl (C=O) groups is 1. The third kappa shape index (κ3) is 3.49. The Morgan fingerprint density at radius 3 is 2.06 bits per heavy atom. The van der Waals surface area contributed by atoms with Crippen LogP contribution in [0.1, 0.15) is 33.3 Å². The molecule has 0 aliphatic rings. The molecule has 1 rings (SSSR count). The lowest BCUT2D eigenvalue weighted by Gasteiger charge is -2.22. The molecule has 0 heterocycles. The summed E-state index contributed by atoms with van der Waals surface area (Å²) in [5.41, 5.74) is 1.55. The maximum atomic E-state index is 11.1. The Kier molecular flexibility index (Phi) is 4.76. The summed E-state index contributed by atoms with van der Waals surface area (Å²) in [7, 11) is 0. The number of rotatable bonds is 6. The van der Waals surface area contributed by atoms with Crippen molar-refractivity contribution in [3.8, 4) is 0 Å². The van der Waals surface area contributed by atoms with E-state index in [-0.39, 0.29) is 0 Å². The fourth-order valence-corrected chi connectivity index (χ4v) is 2.00. The van der Waals surface area contributed by atoms with Gasteiger partial charge in [-0.25, -0.2) is 0 Å². The molecule has 3 nitrogen and oxygen atoms in total. The highest BCUT2D eigenvalue weighted by molar-refractivity contribution is 5.74. The van der Waals surface area contributed by atoms with Gasteiger partial charge in [0.1, 0.15) is 0 Å². The Morgan fingerprint density at radius 2 is 1.67 bits per heavy atom. The molecule has 0 saturated heterocycles. The molecule has 0 spiro atoms. The van der Waals surface area contributed by atoms with Gasteiger partial charge in [0.05, 0.1) is 5.41 Å². The maximum Gasteiger partial charge on any atom is 0.309 e. The van der Waals surface area contributed by atoms with Gasteiger partial charge in [-0.3, -0.25) is 4.79 Å². The van der Waals surface area contributed by atoms with E-state index < -0.39 is 11.4 Å². The molecule has 1 N–H and O–H groups in total. The molecule has 0 aliphatic heterocycles. The summed E-state index contributed by atoms with van der Waals surface area (Å²) < 4.78 is 0. The Hall–Kier alpha value is -1.51. The quantitative estimate of drug-likeness (QED) is 0.841. The Bertz CT molecular complexity index is 391. The van der Waals surface area contributed by atoms with E-state index in [1.54, 1.807) is 13.8 Å². The molecule has 0 radical (unpaired) electrons. The maximum absolute atomic E-state index is 11.1. The van der Waals surface area contributed by atoms with Gasteiger partial charge in [0.15, 0.2) is 0 Å². The molecule has 0 fully saturated rings. The van der Waals surface area contributed by atoms with E-state index in [0.29, 0.717) is 6.42 Å². The molecule has 1 aromatic carbocycles. The fraction of sp³-hybridized carbons (Fsp3) is 0.533. The summed E-state index contributed by atoms with van der Waals surface area (Å²) >= 11 is 0. The lowest BCUT2D eigenvalue weighted by molar-refractivity contribution is -0.146. The third-order valence-electron chi connectivity index (χ3n) is 3.29. The largest absolute Gasteiger partial charge is 0.481 e. The molecule has 0 aromatic heterocycles. The van der Waals surface area contributed by atoms with Gasteiger partial charge in [0.2, 0.25) is 0 Å². The van der Waals surface area contributed by atoms with E-state index in [0.717, 1.165) is 18.7 Å². The van der Waals surface area contributed by atoms with Crippen LogP contribution >= 0.6 is 0 Å². The van der Waals surface area contributed by atoms with Crippen molar-refractivity contribution in [2.75, 3.05) is 18.0 Å². The molecule has 0 unspecified atom stereocenters. The van der Waals surface area contributed by atoms with E-state index in [1.807, 2.05) is 12.1 Å². The number of carboxylic acids is 1.